The average molecular weight is 501 g/mol. The maximum atomic E-state index is 13.5. The molecule has 1 amide bonds. The van der Waals surface area contributed by atoms with Crippen molar-refractivity contribution in [1.29, 1.82) is 0 Å². The molecular weight excluding hydrogens is 476 g/mol. The van der Waals surface area contributed by atoms with E-state index in [1.54, 1.807) is 49.6 Å². The number of amides is 1. The zero-order valence-corrected chi connectivity index (χ0v) is 20.8. The van der Waals surface area contributed by atoms with Gasteiger partial charge in [0.25, 0.3) is 5.78 Å². The number of methoxy groups -OCH3 is 2. The van der Waals surface area contributed by atoms with Crippen molar-refractivity contribution in [2.45, 2.75) is 19.4 Å². The summed E-state index contributed by atoms with van der Waals surface area (Å²) in [5.41, 5.74) is 2.83. The Morgan fingerprint density at radius 3 is 2.47 bits per heavy atom. The van der Waals surface area contributed by atoms with Crippen LogP contribution in [0.3, 0.4) is 0 Å². The standard InChI is InChI=1S/C28H24N2O5S/c1-4-16-9-14-20-22(15-16)36-28(29-20)30-24(19-7-5-6-8-21(19)35-3)23(26(32)27(30)33)25(31)17-10-12-18(34-2)13-11-17/h5-15,24,31H,4H2,1-3H3/b25-23+. The van der Waals surface area contributed by atoms with Gasteiger partial charge in [-0.2, -0.15) is 0 Å². The SMILES string of the molecule is CCc1ccc2nc(N3C(=O)C(=O)/C(=C(/O)c4ccc(OC)cc4)C3c3ccccc3OC)sc2c1. The third-order valence-electron chi connectivity index (χ3n) is 6.30. The summed E-state index contributed by atoms with van der Waals surface area (Å²) in [6, 6.07) is 18.8. The van der Waals surface area contributed by atoms with Crippen molar-refractivity contribution in [3.05, 3.63) is 89.0 Å². The first kappa shape index (κ1) is 23.6. The van der Waals surface area contributed by atoms with Gasteiger partial charge in [0.2, 0.25) is 0 Å². The van der Waals surface area contributed by atoms with Crippen LogP contribution in [0.25, 0.3) is 16.0 Å². The number of ether oxygens (including phenoxy) is 2. The Hall–Kier alpha value is -4.17. The molecule has 4 aromatic rings. The molecule has 1 atom stereocenters. The zero-order valence-electron chi connectivity index (χ0n) is 20.0. The molecule has 182 valence electrons. The maximum Gasteiger partial charge on any atom is 0.301 e. The predicted molar refractivity (Wildman–Crippen MR) is 140 cm³/mol. The summed E-state index contributed by atoms with van der Waals surface area (Å²) in [4.78, 5) is 33.0. The van der Waals surface area contributed by atoms with E-state index in [0.29, 0.717) is 27.8 Å². The molecule has 0 aliphatic carbocycles. The van der Waals surface area contributed by atoms with Crippen LogP contribution in [-0.4, -0.2) is 36.0 Å². The molecular formula is C28H24N2O5S. The van der Waals surface area contributed by atoms with Crippen molar-refractivity contribution in [2.75, 3.05) is 19.1 Å². The Morgan fingerprint density at radius 2 is 1.78 bits per heavy atom. The number of fused-ring (bicyclic) bond motifs is 1. The van der Waals surface area contributed by atoms with E-state index in [1.165, 1.54) is 23.3 Å². The van der Waals surface area contributed by atoms with E-state index in [4.69, 9.17) is 9.47 Å². The highest BCUT2D eigenvalue weighted by atomic mass is 32.1. The lowest BCUT2D eigenvalue weighted by Crippen LogP contribution is -2.29. The molecule has 1 N–H and O–H groups in total. The van der Waals surface area contributed by atoms with Crippen LogP contribution in [-0.2, 0) is 16.0 Å². The minimum Gasteiger partial charge on any atom is -0.507 e. The number of benzene rings is 3. The number of carbonyl (C=O) groups is 2. The lowest BCUT2D eigenvalue weighted by molar-refractivity contribution is -0.132. The van der Waals surface area contributed by atoms with E-state index in [-0.39, 0.29) is 11.3 Å². The Labute approximate surface area is 212 Å². The topological polar surface area (TPSA) is 89.0 Å². The van der Waals surface area contributed by atoms with Crippen LogP contribution in [0.2, 0.25) is 0 Å². The molecule has 1 aliphatic heterocycles. The Bertz CT molecular complexity index is 1510. The van der Waals surface area contributed by atoms with E-state index in [9.17, 15) is 14.7 Å². The molecule has 1 saturated heterocycles. The number of para-hydroxylation sites is 1. The third kappa shape index (κ3) is 3.89. The van der Waals surface area contributed by atoms with Gasteiger partial charge in [0.15, 0.2) is 5.13 Å². The van der Waals surface area contributed by atoms with E-state index < -0.39 is 17.7 Å². The number of aliphatic hydroxyl groups excluding tert-OH is 1. The molecule has 7 nitrogen and oxygen atoms in total. The molecule has 3 aromatic carbocycles. The fourth-order valence-electron chi connectivity index (χ4n) is 4.40. The van der Waals surface area contributed by atoms with Gasteiger partial charge in [-0.15, -0.1) is 0 Å². The maximum absolute atomic E-state index is 13.5. The van der Waals surface area contributed by atoms with Gasteiger partial charge in [-0.1, -0.05) is 42.5 Å². The fourth-order valence-corrected chi connectivity index (χ4v) is 5.46. The summed E-state index contributed by atoms with van der Waals surface area (Å²) in [7, 11) is 3.07. The van der Waals surface area contributed by atoms with Crippen LogP contribution in [0.4, 0.5) is 5.13 Å². The summed E-state index contributed by atoms with van der Waals surface area (Å²) in [6.07, 6.45) is 0.872. The normalized spacial score (nSPS) is 17.1. The van der Waals surface area contributed by atoms with Gasteiger partial charge in [0.05, 0.1) is 30.0 Å². The van der Waals surface area contributed by atoms with E-state index >= 15 is 0 Å². The number of hydrogen-bond donors (Lipinski definition) is 1. The smallest absolute Gasteiger partial charge is 0.301 e. The first-order chi connectivity index (χ1) is 17.5. The molecule has 36 heavy (non-hydrogen) atoms. The molecule has 0 bridgehead atoms. The number of thiazole rings is 1. The Balaban J connectivity index is 1.73. The lowest BCUT2D eigenvalue weighted by atomic mass is 9.94. The largest absolute Gasteiger partial charge is 0.507 e. The second kappa shape index (κ2) is 9.47. The molecule has 0 radical (unpaired) electrons. The lowest BCUT2D eigenvalue weighted by Gasteiger charge is -2.24. The van der Waals surface area contributed by atoms with E-state index in [2.05, 4.69) is 11.9 Å². The average Bonchev–Trinajstić information content (AvgIpc) is 3.45. The highest BCUT2D eigenvalue weighted by Crippen LogP contribution is 2.46. The van der Waals surface area contributed by atoms with Crippen molar-refractivity contribution in [3.63, 3.8) is 0 Å². The number of hydrogen-bond acceptors (Lipinski definition) is 7. The summed E-state index contributed by atoms with van der Waals surface area (Å²) < 4.78 is 11.7. The summed E-state index contributed by atoms with van der Waals surface area (Å²) >= 11 is 1.34. The van der Waals surface area contributed by atoms with Crippen molar-refractivity contribution in [3.8, 4) is 11.5 Å². The number of aryl methyl sites for hydroxylation is 1. The van der Waals surface area contributed by atoms with Crippen LogP contribution in [0.15, 0.2) is 72.3 Å². The molecule has 0 spiro atoms. The van der Waals surface area contributed by atoms with Gasteiger partial charge in [-0.25, -0.2) is 4.98 Å². The van der Waals surface area contributed by atoms with Gasteiger partial charge in [-0.05, 0) is 54.4 Å². The molecule has 2 heterocycles. The van der Waals surface area contributed by atoms with Gasteiger partial charge in [0, 0.05) is 11.1 Å². The molecule has 1 aliphatic rings. The second-order valence-corrected chi connectivity index (χ2v) is 9.30. The summed E-state index contributed by atoms with van der Waals surface area (Å²) in [5, 5.41) is 11.7. The molecule has 0 saturated carbocycles. The Kier molecular flexibility index (Phi) is 6.20. The molecule has 8 heteroatoms. The number of carbonyl (C=O) groups excluding carboxylic acids is 2. The third-order valence-corrected chi connectivity index (χ3v) is 7.31. The monoisotopic (exact) mass is 500 g/mol. The predicted octanol–water partition coefficient (Wildman–Crippen LogP) is 5.50. The van der Waals surface area contributed by atoms with E-state index in [1.807, 2.05) is 24.3 Å². The van der Waals surface area contributed by atoms with Crippen LogP contribution in [0, 0.1) is 0 Å². The van der Waals surface area contributed by atoms with Crippen molar-refractivity contribution >= 4 is 44.1 Å². The number of aliphatic hydroxyl groups is 1. The van der Waals surface area contributed by atoms with Gasteiger partial charge in [-0.3, -0.25) is 14.5 Å². The molecule has 1 unspecified atom stereocenters. The van der Waals surface area contributed by atoms with Crippen molar-refractivity contribution in [1.82, 2.24) is 4.98 Å². The van der Waals surface area contributed by atoms with Gasteiger partial charge >= 0.3 is 5.91 Å². The van der Waals surface area contributed by atoms with Crippen LogP contribution in [0.1, 0.15) is 29.7 Å². The number of nitrogens with zero attached hydrogens (tertiary/aromatic N) is 2. The first-order valence-electron chi connectivity index (χ1n) is 11.4. The number of ketones is 1. The van der Waals surface area contributed by atoms with Crippen LogP contribution in [0.5, 0.6) is 11.5 Å². The number of Topliss-reactive ketones (excluding diaryl/α,β-unsaturated/α-hetero) is 1. The molecule has 1 fully saturated rings. The second-order valence-electron chi connectivity index (χ2n) is 8.29. The van der Waals surface area contributed by atoms with Crippen molar-refractivity contribution < 1.29 is 24.2 Å². The fraction of sp³-hybridized carbons (Fsp3) is 0.179. The van der Waals surface area contributed by atoms with E-state index in [0.717, 1.165) is 22.2 Å². The van der Waals surface area contributed by atoms with Crippen LogP contribution < -0.4 is 14.4 Å². The quantitative estimate of drug-likeness (QED) is 0.214. The minimum atomic E-state index is -0.922. The summed E-state index contributed by atoms with van der Waals surface area (Å²) in [5.74, 6) is -0.717. The van der Waals surface area contributed by atoms with Gasteiger partial charge in [0.1, 0.15) is 23.3 Å². The Morgan fingerprint density at radius 1 is 1.03 bits per heavy atom. The minimum absolute atomic E-state index is 0.0248. The number of anilines is 1. The molecule has 5 rings (SSSR count). The zero-order chi connectivity index (χ0) is 25.4. The first-order valence-corrected chi connectivity index (χ1v) is 12.3. The van der Waals surface area contributed by atoms with Gasteiger partial charge < -0.3 is 14.6 Å². The number of rotatable bonds is 6. The number of aromatic nitrogens is 1. The highest BCUT2D eigenvalue weighted by molar-refractivity contribution is 7.22. The van der Waals surface area contributed by atoms with Crippen LogP contribution >= 0.6 is 11.3 Å². The summed E-state index contributed by atoms with van der Waals surface area (Å²) in [6.45, 7) is 2.07. The van der Waals surface area contributed by atoms with Crippen molar-refractivity contribution in [2.24, 2.45) is 0 Å². The highest BCUT2D eigenvalue weighted by Gasteiger charge is 2.49. The molecule has 1 aromatic heterocycles.